The first-order valence-corrected chi connectivity index (χ1v) is 4.64. The highest BCUT2D eigenvalue weighted by Crippen LogP contribution is 2.12. The molecule has 0 saturated carbocycles. The molecule has 1 unspecified atom stereocenters. The molecule has 1 aliphatic rings. The van der Waals surface area contributed by atoms with Crippen molar-refractivity contribution in [3.63, 3.8) is 0 Å². The van der Waals surface area contributed by atoms with Gasteiger partial charge in [0.25, 0.3) is 0 Å². The smallest absolute Gasteiger partial charge is 0.00200 e. The molecule has 1 rings (SSSR count). The van der Waals surface area contributed by atoms with Crippen LogP contribution < -0.4 is 5.32 Å². The van der Waals surface area contributed by atoms with Crippen molar-refractivity contribution in [2.45, 2.75) is 40.0 Å². The summed E-state index contributed by atoms with van der Waals surface area (Å²) < 4.78 is 0. The van der Waals surface area contributed by atoms with Gasteiger partial charge in [-0.25, -0.2) is 0 Å². The minimum absolute atomic E-state index is 1.000. The van der Waals surface area contributed by atoms with Gasteiger partial charge in [-0.3, -0.25) is 0 Å². The quantitative estimate of drug-likeness (QED) is 0.626. The summed E-state index contributed by atoms with van der Waals surface area (Å²) in [6, 6.07) is 0. The van der Waals surface area contributed by atoms with Crippen molar-refractivity contribution in [3.05, 3.63) is 0 Å². The highest BCUT2D eigenvalue weighted by Gasteiger charge is 2.11. The highest BCUT2D eigenvalue weighted by molar-refractivity contribution is 4.69. The molecular formula is C9H21N. The van der Waals surface area contributed by atoms with E-state index in [0.29, 0.717) is 0 Å². The number of hydrogen-bond acceptors (Lipinski definition) is 1. The molecule has 62 valence electrons. The van der Waals surface area contributed by atoms with Crippen molar-refractivity contribution in [1.29, 1.82) is 0 Å². The standard InChI is InChI=1S/C7H15N.C2H6/c1-2-3-7-4-5-8-6-7;1-2/h7-8H,2-6H2,1H3;1-2H3. The van der Waals surface area contributed by atoms with E-state index in [9.17, 15) is 0 Å². The van der Waals surface area contributed by atoms with Gasteiger partial charge in [-0.05, 0) is 31.8 Å². The van der Waals surface area contributed by atoms with Crippen LogP contribution in [0.5, 0.6) is 0 Å². The van der Waals surface area contributed by atoms with E-state index in [1.807, 2.05) is 13.8 Å². The van der Waals surface area contributed by atoms with E-state index < -0.39 is 0 Å². The minimum Gasteiger partial charge on any atom is -0.316 e. The first kappa shape index (κ1) is 9.96. The number of rotatable bonds is 2. The largest absolute Gasteiger partial charge is 0.316 e. The van der Waals surface area contributed by atoms with Gasteiger partial charge in [0.15, 0.2) is 0 Å². The molecule has 1 heterocycles. The molecule has 0 aliphatic carbocycles. The number of nitrogens with one attached hydrogen (secondary N) is 1. The molecule has 10 heavy (non-hydrogen) atoms. The Labute approximate surface area is 65.2 Å². The topological polar surface area (TPSA) is 12.0 Å². The Morgan fingerprint density at radius 2 is 2.10 bits per heavy atom. The Balaban J connectivity index is 0.000000371. The van der Waals surface area contributed by atoms with Crippen LogP contribution >= 0.6 is 0 Å². The minimum atomic E-state index is 1.000. The Kier molecular flexibility index (Phi) is 7.04. The fourth-order valence-electron chi connectivity index (χ4n) is 1.37. The molecule has 0 amide bonds. The van der Waals surface area contributed by atoms with Crippen LogP contribution in [0.25, 0.3) is 0 Å². The summed E-state index contributed by atoms with van der Waals surface area (Å²) in [5.41, 5.74) is 0. The fraction of sp³-hybridized carbons (Fsp3) is 1.00. The second kappa shape index (κ2) is 7.07. The SMILES string of the molecule is CC.CCCC1CCNC1. The van der Waals surface area contributed by atoms with Gasteiger partial charge in [0, 0.05) is 0 Å². The highest BCUT2D eigenvalue weighted by atomic mass is 14.9. The van der Waals surface area contributed by atoms with Crippen LogP contribution in [-0.4, -0.2) is 13.1 Å². The lowest BCUT2D eigenvalue weighted by Crippen LogP contribution is -2.08. The van der Waals surface area contributed by atoms with Crippen molar-refractivity contribution in [1.82, 2.24) is 5.32 Å². The summed E-state index contributed by atoms with van der Waals surface area (Å²) in [5.74, 6) is 1.000. The first-order chi connectivity index (χ1) is 4.93. The fourth-order valence-corrected chi connectivity index (χ4v) is 1.37. The average Bonchev–Trinajstić information content (AvgIpc) is 2.46. The summed E-state index contributed by atoms with van der Waals surface area (Å²) in [7, 11) is 0. The summed E-state index contributed by atoms with van der Waals surface area (Å²) in [5, 5.41) is 3.36. The zero-order valence-electron chi connectivity index (χ0n) is 7.61. The van der Waals surface area contributed by atoms with Crippen LogP contribution in [0.1, 0.15) is 40.0 Å². The molecule has 1 saturated heterocycles. The van der Waals surface area contributed by atoms with Gasteiger partial charge in [-0.2, -0.15) is 0 Å². The molecule has 1 aliphatic heterocycles. The molecule has 0 aromatic heterocycles. The Morgan fingerprint density at radius 3 is 2.50 bits per heavy atom. The van der Waals surface area contributed by atoms with Crippen LogP contribution in [0.15, 0.2) is 0 Å². The van der Waals surface area contributed by atoms with Crippen LogP contribution in [0.3, 0.4) is 0 Å². The zero-order valence-corrected chi connectivity index (χ0v) is 7.61. The lowest BCUT2D eigenvalue weighted by molar-refractivity contribution is 0.525. The molecule has 1 nitrogen and oxygen atoms in total. The summed E-state index contributed by atoms with van der Waals surface area (Å²) in [4.78, 5) is 0. The van der Waals surface area contributed by atoms with E-state index in [1.165, 1.54) is 32.4 Å². The average molecular weight is 143 g/mol. The molecule has 0 aromatic carbocycles. The van der Waals surface area contributed by atoms with Gasteiger partial charge in [-0.15, -0.1) is 0 Å². The molecule has 1 atom stereocenters. The second-order valence-electron chi connectivity index (χ2n) is 2.65. The van der Waals surface area contributed by atoms with Crippen LogP contribution in [-0.2, 0) is 0 Å². The summed E-state index contributed by atoms with van der Waals surface area (Å²) in [6.45, 7) is 8.79. The van der Waals surface area contributed by atoms with Gasteiger partial charge in [0.1, 0.15) is 0 Å². The zero-order chi connectivity index (χ0) is 7.82. The maximum atomic E-state index is 3.36. The third-order valence-electron chi connectivity index (χ3n) is 1.86. The van der Waals surface area contributed by atoms with E-state index in [4.69, 9.17) is 0 Å². The molecule has 1 heteroatoms. The van der Waals surface area contributed by atoms with E-state index in [2.05, 4.69) is 12.2 Å². The van der Waals surface area contributed by atoms with Crippen LogP contribution in [0.4, 0.5) is 0 Å². The molecule has 1 N–H and O–H groups in total. The van der Waals surface area contributed by atoms with Crippen LogP contribution in [0, 0.1) is 5.92 Å². The predicted octanol–water partition coefficient (Wildman–Crippen LogP) is 2.42. The van der Waals surface area contributed by atoms with Crippen molar-refractivity contribution in [2.75, 3.05) is 13.1 Å². The van der Waals surface area contributed by atoms with E-state index in [1.54, 1.807) is 0 Å². The molecular weight excluding hydrogens is 122 g/mol. The molecule has 0 spiro atoms. The normalized spacial score (nSPS) is 23.7. The Morgan fingerprint density at radius 1 is 1.40 bits per heavy atom. The second-order valence-corrected chi connectivity index (χ2v) is 2.65. The van der Waals surface area contributed by atoms with Gasteiger partial charge >= 0.3 is 0 Å². The first-order valence-electron chi connectivity index (χ1n) is 4.64. The summed E-state index contributed by atoms with van der Waals surface area (Å²) in [6.07, 6.45) is 4.19. The van der Waals surface area contributed by atoms with Gasteiger partial charge < -0.3 is 5.32 Å². The Hall–Kier alpha value is -0.0400. The number of hydrogen-bond donors (Lipinski definition) is 1. The van der Waals surface area contributed by atoms with Crippen molar-refractivity contribution in [2.24, 2.45) is 5.92 Å². The predicted molar refractivity (Wildman–Crippen MR) is 47.2 cm³/mol. The van der Waals surface area contributed by atoms with Gasteiger partial charge in [-0.1, -0.05) is 27.2 Å². The Bertz CT molecular complexity index is 55.7. The van der Waals surface area contributed by atoms with E-state index in [-0.39, 0.29) is 0 Å². The van der Waals surface area contributed by atoms with Crippen molar-refractivity contribution in [3.8, 4) is 0 Å². The van der Waals surface area contributed by atoms with E-state index in [0.717, 1.165) is 5.92 Å². The third-order valence-corrected chi connectivity index (χ3v) is 1.86. The molecule has 0 bridgehead atoms. The maximum absolute atomic E-state index is 3.36. The monoisotopic (exact) mass is 143 g/mol. The summed E-state index contributed by atoms with van der Waals surface area (Å²) >= 11 is 0. The van der Waals surface area contributed by atoms with E-state index >= 15 is 0 Å². The maximum Gasteiger partial charge on any atom is -0.00200 e. The lowest BCUT2D eigenvalue weighted by atomic mass is 10.0. The third kappa shape index (κ3) is 3.89. The van der Waals surface area contributed by atoms with Gasteiger partial charge in [0.2, 0.25) is 0 Å². The van der Waals surface area contributed by atoms with Crippen LogP contribution in [0.2, 0.25) is 0 Å². The van der Waals surface area contributed by atoms with Crippen molar-refractivity contribution < 1.29 is 0 Å². The molecule has 0 aromatic rings. The molecule has 0 radical (unpaired) electrons. The lowest BCUT2D eigenvalue weighted by Gasteiger charge is -2.02. The van der Waals surface area contributed by atoms with Crippen molar-refractivity contribution >= 4 is 0 Å². The van der Waals surface area contributed by atoms with Gasteiger partial charge in [0.05, 0.1) is 0 Å². The molecule has 1 fully saturated rings.